The maximum Gasteiger partial charge on any atom is 0.394 e. The van der Waals surface area contributed by atoms with Crippen LogP contribution in [0.2, 0.25) is 0 Å². The van der Waals surface area contributed by atoms with Gasteiger partial charge in [0.2, 0.25) is 0 Å². The highest BCUT2D eigenvalue weighted by atomic mass is 19.3. The molecule has 0 bridgehead atoms. The molecule has 2 amide bonds. The van der Waals surface area contributed by atoms with Crippen LogP contribution in [0.1, 0.15) is 51.9 Å². The molecule has 1 fully saturated rings. The van der Waals surface area contributed by atoms with Crippen LogP contribution in [-0.4, -0.2) is 71.9 Å². The van der Waals surface area contributed by atoms with Gasteiger partial charge in [-0.3, -0.25) is 23.9 Å². The lowest BCUT2D eigenvalue weighted by Gasteiger charge is -2.40. The smallest absolute Gasteiger partial charge is 0.394 e. The number of pyridine rings is 1. The van der Waals surface area contributed by atoms with E-state index in [-0.39, 0.29) is 43.3 Å². The summed E-state index contributed by atoms with van der Waals surface area (Å²) in [7, 11) is 0. The van der Waals surface area contributed by atoms with E-state index in [1.807, 2.05) is 0 Å². The lowest BCUT2D eigenvalue weighted by atomic mass is 10.1. The van der Waals surface area contributed by atoms with Gasteiger partial charge in [0, 0.05) is 39.3 Å². The molecule has 45 heavy (non-hydrogen) atoms. The van der Waals surface area contributed by atoms with Gasteiger partial charge in [0.15, 0.2) is 11.4 Å². The number of hydrogen-bond acceptors (Lipinski definition) is 9. The lowest BCUT2D eigenvalue weighted by Crippen LogP contribution is -2.56. The molecule has 0 saturated carbocycles. The van der Waals surface area contributed by atoms with Crippen LogP contribution in [0.15, 0.2) is 55.1 Å². The first-order chi connectivity index (χ1) is 21.4. The first-order valence-corrected chi connectivity index (χ1v) is 14.0. The molecular weight excluding hydrogens is 600 g/mol. The summed E-state index contributed by atoms with van der Waals surface area (Å²) >= 11 is 0. The van der Waals surface area contributed by atoms with Crippen molar-refractivity contribution in [1.29, 1.82) is 0 Å². The third-order valence-corrected chi connectivity index (χ3v) is 6.66. The number of carbonyl (C=O) groups is 2. The molecule has 1 aromatic carbocycles. The number of anilines is 1. The van der Waals surface area contributed by atoms with Gasteiger partial charge in [-0.15, -0.1) is 10.2 Å². The van der Waals surface area contributed by atoms with Crippen molar-refractivity contribution in [2.75, 3.05) is 18.0 Å². The number of ether oxygens (including phenoxy) is 1. The molecular formula is C28H30F4N10O3. The van der Waals surface area contributed by atoms with Crippen molar-refractivity contribution in [1.82, 2.24) is 45.6 Å². The fraction of sp³-hybridized carbons (Fsp3) is 0.393. The van der Waals surface area contributed by atoms with Crippen LogP contribution < -0.4 is 20.3 Å². The maximum absolute atomic E-state index is 13.2. The Bertz CT molecular complexity index is 1630. The zero-order chi connectivity index (χ0) is 32.0. The standard InChI is InChI=1S/C28H30F4N10O3/c1-27(29,30)45-22-6-4-5-19(10-22)12-34-25(43)23-15-41(38-36-23)7-2-3-8-42-16-24(37-39-42)26(44)35-13-20-9-21(14-33-11-20)40-17-28(31,32)18-40/h4-6,9-11,14-16H,2-3,7-8,12-13,17-18H2,1H3,(H,34,43)(H,35,44). The summed E-state index contributed by atoms with van der Waals surface area (Å²) < 4.78 is 60.1. The second-order valence-electron chi connectivity index (χ2n) is 10.6. The van der Waals surface area contributed by atoms with Crippen molar-refractivity contribution < 1.29 is 31.9 Å². The predicted octanol–water partition coefficient (Wildman–Crippen LogP) is 3.05. The molecule has 1 saturated heterocycles. The first-order valence-electron chi connectivity index (χ1n) is 14.0. The number of carbonyl (C=O) groups excluding carboxylic acids is 2. The van der Waals surface area contributed by atoms with Gasteiger partial charge in [-0.2, -0.15) is 8.78 Å². The molecule has 0 spiro atoms. The molecule has 2 N–H and O–H groups in total. The molecule has 5 rings (SSSR count). The summed E-state index contributed by atoms with van der Waals surface area (Å²) in [5.74, 6) is -3.60. The number of alkyl halides is 4. The molecule has 0 unspecified atom stereocenters. The molecule has 0 aliphatic carbocycles. The third kappa shape index (κ3) is 8.96. The van der Waals surface area contributed by atoms with Crippen LogP contribution in [0.3, 0.4) is 0 Å². The van der Waals surface area contributed by atoms with Gasteiger partial charge >= 0.3 is 6.11 Å². The van der Waals surface area contributed by atoms with E-state index in [1.165, 1.54) is 40.3 Å². The van der Waals surface area contributed by atoms with E-state index < -0.39 is 23.8 Å². The molecule has 0 radical (unpaired) electrons. The molecule has 4 heterocycles. The number of rotatable bonds is 14. The highest BCUT2D eigenvalue weighted by Gasteiger charge is 2.44. The van der Waals surface area contributed by atoms with Crippen molar-refractivity contribution in [3.05, 3.63) is 77.6 Å². The van der Waals surface area contributed by atoms with Gasteiger partial charge < -0.3 is 20.3 Å². The number of unbranched alkanes of at least 4 members (excludes halogenated alkanes) is 1. The number of halogens is 4. The van der Waals surface area contributed by atoms with E-state index in [4.69, 9.17) is 0 Å². The molecule has 17 heteroatoms. The van der Waals surface area contributed by atoms with Crippen molar-refractivity contribution in [2.24, 2.45) is 0 Å². The van der Waals surface area contributed by atoms with Crippen LogP contribution in [0.25, 0.3) is 0 Å². The van der Waals surface area contributed by atoms with Crippen LogP contribution in [0.5, 0.6) is 5.75 Å². The van der Waals surface area contributed by atoms with Crippen molar-refractivity contribution in [3.8, 4) is 5.75 Å². The first kappa shape index (κ1) is 31.3. The van der Waals surface area contributed by atoms with Gasteiger partial charge in [0.05, 0.1) is 37.4 Å². The summed E-state index contributed by atoms with van der Waals surface area (Å²) in [6, 6.07) is 7.75. The Morgan fingerprint density at radius 2 is 1.51 bits per heavy atom. The zero-order valence-electron chi connectivity index (χ0n) is 24.2. The number of benzene rings is 1. The summed E-state index contributed by atoms with van der Waals surface area (Å²) in [4.78, 5) is 30.6. The monoisotopic (exact) mass is 630 g/mol. The molecule has 4 aromatic rings. The average Bonchev–Trinajstić information content (AvgIpc) is 3.65. The predicted molar refractivity (Wildman–Crippen MR) is 151 cm³/mol. The fourth-order valence-electron chi connectivity index (χ4n) is 4.48. The van der Waals surface area contributed by atoms with E-state index in [1.54, 1.807) is 29.1 Å². The SMILES string of the molecule is CC(F)(F)Oc1cccc(CNC(=O)c2cn(CCCCn3cc(C(=O)NCc4cncc(N5CC(F)(F)C5)c4)nn3)nn2)c1. The van der Waals surface area contributed by atoms with Gasteiger partial charge in [0.25, 0.3) is 17.7 Å². The number of hydrogen-bond donors (Lipinski definition) is 2. The van der Waals surface area contributed by atoms with E-state index in [0.717, 1.165) is 0 Å². The fourth-order valence-corrected chi connectivity index (χ4v) is 4.48. The van der Waals surface area contributed by atoms with Gasteiger partial charge in [-0.1, -0.05) is 22.6 Å². The average molecular weight is 631 g/mol. The van der Waals surface area contributed by atoms with Crippen LogP contribution >= 0.6 is 0 Å². The Hall–Kier alpha value is -5.09. The highest BCUT2D eigenvalue weighted by molar-refractivity contribution is 5.92. The summed E-state index contributed by atoms with van der Waals surface area (Å²) in [5.41, 5.74) is 2.06. The molecule has 1 aliphatic rings. The van der Waals surface area contributed by atoms with Gasteiger partial charge in [-0.25, -0.2) is 8.78 Å². The van der Waals surface area contributed by atoms with E-state index in [0.29, 0.717) is 49.7 Å². The quantitative estimate of drug-likeness (QED) is 0.159. The van der Waals surface area contributed by atoms with Crippen molar-refractivity contribution in [3.63, 3.8) is 0 Å². The summed E-state index contributed by atoms with van der Waals surface area (Å²) in [6.07, 6.45) is 4.13. The Balaban J connectivity index is 1.01. The molecule has 13 nitrogen and oxygen atoms in total. The van der Waals surface area contributed by atoms with Crippen LogP contribution in [0, 0.1) is 0 Å². The molecule has 238 valence electrons. The highest BCUT2D eigenvalue weighted by Crippen LogP contribution is 2.31. The Morgan fingerprint density at radius 1 is 0.911 bits per heavy atom. The number of aryl methyl sites for hydroxylation is 2. The normalized spacial score (nSPS) is 14.1. The second kappa shape index (κ2) is 13.3. The minimum atomic E-state index is -3.31. The van der Waals surface area contributed by atoms with Crippen LogP contribution in [0.4, 0.5) is 23.2 Å². The second-order valence-corrected chi connectivity index (χ2v) is 10.6. The third-order valence-electron chi connectivity index (χ3n) is 6.66. The van der Waals surface area contributed by atoms with Crippen molar-refractivity contribution >= 4 is 17.5 Å². The molecule has 0 atom stereocenters. The van der Waals surface area contributed by atoms with Gasteiger partial charge in [-0.05, 0) is 42.2 Å². The summed E-state index contributed by atoms with van der Waals surface area (Å²) in [5, 5.41) is 21.2. The molecule has 3 aromatic heterocycles. The minimum absolute atomic E-state index is 0.0115. The topological polar surface area (TPSA) is 145 Å². The number of nitrogens with one attached hydrogen (secondary N) is 2. The number of amides is 2. The van der Waals surface area contributed by atoms with Crippen molar-refractivity contribution in [2.45, 2.75) is 58.0 Å². The zero-order valence-corrected chi connectivity index (χ0v) is 24.2. The number of nitrogens with zero attached hydrogens (tertiary/aromatic N) is 8. The number of aromatic nitrogens is 7. The Kier molecular flexibility index (Phi) is 9.24. The van der Waals surface area contributed by atoms with Gasteiger partial charge in [0.1, 0.15) is 5.75 Å². The van der Waals surface area contributed by atoms with Crippen LogP contribution in [-0.2, 0) is 26.2 Å². The maximum atomic E-state index is 13.2. The van der Waals surface area contributed by atoms with E-state index in [2.05, 4.69) is 41.0 Å². The molecule has 1 aliphatic heterocycles. The Morgan fingerprint density at radius 3 is 2.09 bits per heavy atom. The minimum Gasteiger partial charge on any atom is -0.433 e. The largest absolute Gasteiger partial charge is 0.433 e. The van der Waals surface area contributed by atoms with E-state index in [9.17, 15) is 27.2 Å². The van der Waals surface area contributed by atoms with E-state index >= 15 is 0 Å². The Labute approximate surface area is 254 Å². The lowest BCUT2D eigenvalue weighted by molar-refractivity contribution is -0.159. The summed E-state index contributed by atoms with van der Waals surface area (Å²) in [6.45, 7) is 1.14.